The van der Waals surface area contributed by atoms with Crippen LogP contribution in [0.4, 0.5) is 5.82 Å². The van der Waals surface area contributed by atoms with Crippen molar-refractivity contribution in [1.82, 2.24) is 19.9 Å². The SMILES string of the molecule is O=C(Nc1ncc(Br)nc1Br)c1cnc2ccccc2n1. The van der Waals surface area contributed by atoms with Gasteiger partial charge in [-0.05, 0) is 44.0 Å². The maximum absolute atomic E-state index is 12.2. The number of fused-ring (bicyclic) bond motifs is 1. The number of nitrogens with zero attached hydrogens (tertiary/aromatic N) is 4. The lowest BCUT2D eigenvalue weighted by atomic mass is 10.3. The average Bonchev–Trinajstić information content (AvgIpc) is 2.49. The summed E-state index contributed by atoms with van der Waals surface area (Å²) in [5, 5.41) is 2.64. The average molecular weight is 409 g/mol. The molecule has 0 aliphatic carbocycles. The van der Waals surface area contributed by atoms with Crippen LogP contribution in [0.2, 0.25) is 0 Å². The smallest absolute Gasteiger partial charge is 0.277 e. The highest BCUT2D eigenvalue weighted by atomic mass is 79.9. The predicted molar refractivity (Wildman–Crippen MR) is 84.9 cm³/mol. The molecule has 0 aliphatic heterocycles. The molecule has 2 heterocycles. The minimum atomic E-state index is -0.398. The maximum Gasteiger partial charge on any atom is 0.277 e. The summed E-state index contributed by atoms with van der Waals surface area (Å²) >= 11 is 6.43. The Morgan fingerprint density at radius 2 is 1.76 bits per heavy atom. The van der Waals surface area contributed by atoms with Crippen LogP contribution >= 0.6 is 31.9 Å². The first kappa shape index (κ1) is 14.0. The van der Waals surface area contributed by atoms with Crippen molar-refractivity contribution < 1.29 is 4.79 Å². The first-order valence-corrected chi connectivity index (χ1v) is 7.43. The molecule has 3 rings (SSSR count). The molecule has 0 bridgehead atoms. The van der Waals surface area contributed by atoms with Crippen LogP contribution in [0.1, 0.15) is 10.5 Å². The van der Waals surface area contributed by atoms with E-state index in [1.165, 1.54) is 12.4 Å². The van der Waals surface area contributed by atoms with E-state index in [-0.39, 0.29) is 5.69 Å². The molecule has 2 aromatic heterocycles. The molecule has 8 heteroatoms. The third-order valence-corrected chi connectivity index (χ3v) is 3.55. The summed E-state index contributed by atoms with van der Waals surface area (Å²) in [6.07, 6.45) is 2.92. The van der Waals surface area contributed by atoms with E-state index in [2.05, 4.69) is 57.1 Å². The Bertz CT molecular complexity index is 840. The summed E-state index contributed by atoms with van der Waals surface area (Å²) in [6.45, 7) is 0. The van der Waals surface area contributed by atoms with E-state index in [1.54, 1.807) is 6.07 Å². The molecule has 6 nitrogen and oxygen atoms in total. The Kier molecular flexibility index (Phi) is 3.89. The molecule has 0 saturated heterocycles. The van der Waals surface area contributed by atoms with Crippen molar-refractivity contribution >= 4 is 54.6 Å². The second-order valence-corrected chi connectivity index (χ2v) is 5.59. The third-order valence-electron chi connectivity index (χ3n) is 2.61. The van der Waals surface area contributed by atoms with Crippen molar-refractivity contribution in [3.8, 4) is 0 Å². The fourth-order valence-electron chi connectivity index (χ4n) is 1.67. The van der Waals surface area contributed by atoms with Gasteiger partial charge in [0, 0.05) is 0 Å². The van der Waals surface area contributed by atoms with Gasteiger partial charge in [-0.25, -0.2) is 15.0 Å². The predicted octanol–water partition coefficient (Wildman–Crippen LogP) is 3.20. The van der Waals surface area contributed by atoms with Crippen LogP contribution in [0.25, 0.3) is 11.0 Å². The Hall–Kier alpha value is -1.93. The fraction of sp³-hybridized carbons (Fsp3) is 0. The molecule has 1 aromatic carbocycles. The Labute approximate surface area is 136 Å². The second kappa shape index (κ2) is 5.82. The summed E-state index contributed by atoms with van der Waals surface area (Å²) < 4.78 is 0.997. The zero-order chi connectivity index (χ0) is 14.8. The second-order valence-electron chi connectivity index (χ2n) is 4.03. The zero-order valence-corrected chi connectivity index (χ0v) is 13.6. The Morgan fingerprint density at radius 3 is 2.52 bits per heavy atom. The molecule has 0 unspecified atom stereocenters. The van der Waals surface area contributed by atoms with Gasteiger partial charge in [0.2, 0.25) is 0 Å². The van der Waals surface area contributed by atoms with Crippen LogP contribution in [0.3, 0.4) is 0 Å². The number of nitrogens with one attached hydrogen (secondary N) is 1. The lowest BCUT2D eigenvalue weighted by Crippen LogP contribution is -2.15. The molecule has 0 fully saturated rings. The van der Waals surface area contributed by atoms with Crippen molar-refractivity contribution in [2.24, 2.45) is 0 Å². The molecule has 21 heavy (non-hydrogen) atoms. The van der Waals surface area contributed by atoms with Gasteiger partial charge in [0.05, 0.1) is 23.4 Å². The summed E-state index contributed by atoms with van der Waals surface area (Å²) in [5.41, 5.74) is 1.61. The third kappa shape index (κ3) is 3.06. The number of amides is 1. The molecule has 1 N–H and O–H groups in total. The summed E-state index contributed by atoms with van der Waals surface area (Å²) in [5.74, 6) is -0.0799. The van der Waals surface area contributed by atoms with Gasteiger partial charge in [0.25, 0.3) is 5.91 Å². The number of para-hydroxylation sites is 2. The van der Waals surface area contributed by atoms with E-state index in [1.807, 2.05) is 18.2 Å². The number of hydrogen-bond donors (Lipinski definition) is 1. The number of halogens is 2. The highest BCUT2D eigenvalue weighted by Gasteiger charge is 2.13. The quantitative estimate of drug-likeness (QED) is 0.704. The van der Waals surface area contributed by atoms with Gasteiger partial charge in [0.15, 0.2) is 5.82 Å². The molecule has 0 atom stereocenters. The number of carbonyl (C=O) groups is 1. The highest BCUT2D eigenvalue weighted by molar-refractivity contribution is 9.11. The largest absolute Gasteiger partial charge is 0.303 e. The van der Waals surface area contributed by atoms with Crippen molar-refractivity contribution in [3.63, 3.8) is 0 Å². The van der Waals surface area contributed by atoms with Gasteiger partial charge in [-0.3, -0.25) is 9.78 Å². The van der Waals surface area contributed by atoms with Crippen LogP contribution in [0.15, 0.2) is 45.9 Å². The summed E-state index contributed by atoms with van der Waals surface area (Å²) in [6, 6.07) is 7.34. The maximum atomic E-state index is 12.2. The monoisotopic (exact) mass is 407 g/mol. The minimum absolute atomic E-state index is 0.213. The van der Waals surface area contributed by atoms with E-state index in [9.17, 15) is 4.79 Å². The lowest BCUT2D eigenvalue weighted by molar-refractivity contribution is 0.102. The lowest BCUT2D eigenvalue weighted by Gasteiger charge is -2.06. The molecular weight excluding hydrogens is 402 g/mol. The number of benzene rings is 1. The fourth-order valence-corrected chi connectivity index (χ4v) is 2.58. The molecule has 3 aromatic rings. The molecule has 1 amide bonds. The van der Waals surface area contributed by atoms with Crippen LogP contribution in [0.5, 0.6) is 0 Å². The molecule has 0 radical (unpaired) electrons. The van der Waals surface area contributed by atoms with Gasteiger partial charge >= 0.3 is 0 Å². The minimum Gasteiger partial charge on any atom is -0.303 e. The van der Waals surface area contributed by atoms with E-state index in [4.69, 9.17) is 0 Å². The van der Waals surface area contributed by atoms with Crippen LogP contribution in [-0.4, -0.2) is 25.8 Å². The first-order valence-electron chi connectivity index (χ1n) is 5.84. The van der Waals surface area contributed by atoms with Gasteiger partial charge < -0.3 is 5.32 Å². The van der Waals surface area contributed by atoms with E-state index in [0.717, 1.165) is 5.52 Å². The number of rotatable bonds is 2. The number of aromatic nitrogens is 4. The van der Waals surface area contributed by atoms with Gasteiger partial charge in [-0.1, -0.05) is 12.1 Å². The van der Waals surface area contributed by atoms with E-state index < -0.39 is 5.91 Å². The van der Waals surface area contributed by atoms with Crippen molar-refractivity contribution in [2.45, 2.75) is 0 Å². The molecule has 0 saturated carbocycles. The highest BCUT2D eigenvalue weighted by Crippen LogP contribution is 2.20. The van der Waals surface area contributed by atoms with Gasteiger partial charge in [-0.15, -0.1) is 0 Å². The summed E-state index contributed by atoms with van der Waals surface area (Å²) in [4.78, 5) is 28.8. The van der Waals surface area contributed by atoms with Gasteiger partial charge in [-0.2, -0.15) is 0 Å². The Morgan fingerprint density at radius 1 is 1.00 bits per heavy atom. The molecule has 0 spiro atoms. The molecule has 0 aliphatic rings. The van der Waals surface area contributed by atoms with Crippen molar-refractivity contribution in [1.29, 1.82) is 0 Å². The number of hydrogen-bond acceptors (Lipinski definition) is 5. The van der Waals surface area contributed by atoms with Crippen LogP contribution in [-0.2, 0) is 0 Å². The normalized spacial score (nSPS) is 10.6. The van der Waals surface area contributed by atoms with Crippen molar-refractivity contribution in [2.75, 3.05) is 5.32 Å². The van der Waals surface area contributed by atoms with Gasteiger partial charge in [0.1, 0.15) is 14.9 Å². The standard InChI is InChI=1S/C13H7Br2N5O/c14-10-6-17-12(11(15)19-10)20-13(21)9-5-16-7-3-1-2-4-8(7)18-9/h1-6H,(H,17,20,21). The van der Waals surface area contributed by atoms with E-state index >= 15 is 0 Å². The zero-order valence-electron chi connectivity index (χ0n) is 10.4. The van der Waals surface area contributed by atoms with Crippen LogP contribution < -0.4 is 5.32 Å². The number of carbonyl (C=O) groups excluding carboxylic acids is 1. The Balaban J connectivity index is 1.89. The summed E-state index contributed by atoms with van der Waals surface area (Å²) in [7, 11) is 0. The van der Waals surface area contributed by atoms with Crippen LogP contribution in [0, 0.1) is 0 Å². The topological polar surface area (TPSA) is 80.7 Å². The molecular formula is C13H7Br2N5O. The number of anilines is 1. The first-order chi connectivity index (χ1) is 10.1. The molecule has 104 valence electrons. The van der Waals surface area contributed by atoms with Crippen molar-refractivity contribution in [3.05, 3.63) is 51.6 Å². The van der Waals surface area contributed by atoms with E-state index in [0.29, 0.717) is 20.5 Å².